The van der Waals surface area contributed by atoms with E-state index in [2.05, 4.69) is 5.10 Å². The normalized spacial score (nSPS) is 12.4. The van der Waals surface area contributed by atoms with E-state index in [0.717, 1.165) is 11.3 Å². The highest BCUT2D eigenvalue weighted by Crippen LogP contribution is 2.20. The Hall–Kier alpha value is -1.08. The number of halogens is 3. The number of aromatic nitrogens is 2. The van der Waals surface area contributed by atoms with Crippen molar-refractivity contribution in [2.75, 3.05) is 19.7 Å². The van der Waals surface area contributed by atoms with Crippen molar-refractivity contribution in [3.8, 4) is 0 Å². The molecule has 0 aliphatic heterocycles. The summed E-state index contributed by atoms with van der Waals surface area (Å²) in [5, 5.41) is 13.1. The van der Waals surface area contributed by atoms with Crippen molar-refractivity contribution in [2.24, 2.45) is 0 Å². The van der Waals surface area contributed by atoms with Crippen LogP contribution in [0.4, 0.5) is 13.2 Å². The van der Waals surface area contributed by atoms with Crippen molar-refractivity contribution in [1.29, 1.82) is 0 Å². The first-order valence-corrected chi connectivity index (χ1v) is 6.21. The van der Waals surface area contributed by atoms with Crippen molar-refractivity contribution >= 4 is 0 Å². The Morgan fingerprint density at radius 1 is 1.32 bits per heavy atom. The number of nitrogens with zero attached hydrogens (tertiary/aromatic N) is 3. The molecule has 19 heavy (non-hydrogen) atoms. The second kappa shape index (κ2) is 6.38. The van der Waals surface area contributed by atoms with Gasteiger partial charge in [0.1, 0.15) is 0 Å². The monoisotopic (exact) mass is 279 g/mol. The summed E-state index contributed by atoms with van der Waals surface area (Å²) >= 11 is 0. The van der Waals surface area contributed by atoms with E-state index >= 15 is 0 Å². The quantitative estimate of drug-likeness (QED) is 0.864. The van der Waals surface area contributed by atoms with Gasteiger partial charge in [-0.25, -0.2) is 0 Å². The molecule has 1 N–H and O–H groups in total. The third kappa shape index (κ3) is 4.50. The number of aryl methyl sites for hydroxylation is 1. The van der Waals surface area contributed by atoms with Crippen LogP contribution >= 0.6 is 0 Å². The first-order chi connectivity index (χ1) is 8.78. The van der Waals surface area contributed by atoms with Crippen molar-refractivity contribution in [2.45, 2.75) is 40.0 Å². The Labute approximate surface area is 110 Å². The Bertz CT molecular complexity index is 415. The van der Waals surface area contributed by atoms with Gasteiger partial charge in [-0.05, 0) is 20.4 Å². The molecule has 0 saturated heterocycles. The predicted molar refractivity (Wildman–Crippen MR) is 65.8 cm³/mol. The van der Waals surface area contributed by atoms with E-state index in [0.29, 0.717) is 18.8 Å². The zero-order valence-corrected chi connectivity index (χ0v) is 11.5. The summed E-state index contributed by atoms with van der Waals surface area (Å²) < 4.78 is 38.9. The summed E-state index contributed by atoms with van der Waals surface area (Å²) in [5.41, 5.74) is 2.33. The lowest BCUT2D eigenvalue weighted by molar-refractivity contribution is -0.146. The van der Waals surface area contributed by atoms with Crippen LogP contribution in [0, 0.1) is 13.8 Å². The molecule has 0 aliphatic carbocycles. The molecule has 0 aliphatic rings. The molecular formula is C12H20F3N3O. The van der Waals surface area contributed by atoms with Gasteiger partial charge in [0.15, 0.2) is 0 Å². The molecule has 1 rings (SSSR count). The van der Waals surface area contributed by atoms with E-state index in [9.17, 15) is 13.2 Å². The Kier molecular flexibility index (Phi) is 5.37. The molecular weight excluding hydrogens is 259 g/mol. The summed E-state index contributed by atoms with van der Waals surface area (Å²) in [6, 6.07) is 0. The highest BCUT2D eigenvalue weighted by molar-refractivity contribution is 5.24. The summed E-state index contributed by atoms with van der Waals surface area (Å²) in [5.74, 6) is 0. The van der Waals surface area contributed by atoms with Gasteiger partial charge >= 0.3 is 6.18 Å². The lowest BCUT2D eigenvalue weighted by Crippen LogP contribution is -2.33. The van der Waals surface area contributed by atoms with Crippen molar-refractivity contribution < 1.29 is 18.3 Å². The minimum absolute atomic E-state index is 0.0402. The van der Waals surface area contributed by atoms with Gasteiger partial charge in [-0.3, -0.25) is 9.58 Å². The smallest absolute Gasteiger partial charge is 0.394 e. The van der Waals surface area contributed by atoms with Crippen LogP contribution in [-0.4, -0.2) is 45.7 Å². The molecule has 1 aromatic rings. The van der Waals surface area contributed by atoms with Gasteiger partial charge in [-0.1, -0.05) is 6.92 Å². The number of aliphatic hydroxyl groups is 1. The maximum Gasteiger partial charge on any atom is 0.401 e. The van der Waals surface area contributed by atoms with Gasteiger partial charge in [-0.15, -0.1) is 0 Å². The zero-order valence-electron chi connectivity index (χ0n) is 11.5. The topological polar surface area (TPSA) is 41.3 Å². The van der Waals surface area contributed by atoms with Crippen LogP contribution in [0.3, 0.4) is 0 Å². The molecule has 1 heterocycles. The zero-order chi connectivity index (χ0) is 14.6. The first-order valence-electron chi connectivity index (χ1n) is 6.21. The van der Waals surface area contributed by atoms with Crippen LogP contribution in [0.2, 0.25) is 0 Å². The number of hydrogen-bond donors (Lipinski definition) is 1. The SMILES string of the molecule is CCN(Cc1c(C)nn(CCO)c1C)CC(F)(F)F. The standard InChI is InChI=1S/C12H20F3N3O/c1-4-17(8-12(13,14)15)7-11-9(2)16-18(5-6-19)10(11)3/h19H,4-8H2,1-3H3. The number of alkyl halides is 3. The highest BCUT2D eigenvalue weighted by atomic mass is 19.4. The van der Waals surface area contributed by atoms with Gasteiger partial charge in [-0.2, -0.15) is 18.3 Å². The van der Waals surface area contributed by atoms with E-state index < -0.39 is 12.7 Å². The number of hydrogen-bond acceptors (Lipinski definition) is 3. The third-order valence-corrected chi connectivity index (χ3v) is 3.07. The summed E-state index contributed by atoms with van der Waals surface area (Å²) in [6.07, 6.45) is -4.20. The fourth-order valence-corrected chi connectivity index (χ4v) is 2.03. The van der Waals surface area contributed by atoms with Crippen molar-refractivity contribution in [3.05, 3.63) is 17.0 Å². The maximum absolute atomic E-state index is 12.4. The fraction of sp³-hybridized carbons (Fsp3) is 0.750. The minimum Gasteiger partial charge on any atom is -0.394 e. The minimum atomic E-state index is -4.20. The second-order valence-corrected chi connectivity index (χ2v) is 4.51. The van der Waals surface area contributed by atoms with Crippen LogP contribution in [0.5, 0.6) is 0 Å². The van der Waals surface area contributed by atoms with E-state index in [1.165, 1.54) is 4.90 Å². The Balaban J connectivity index is 2.85. The van der Waals surface area contributed by atoms with Crippen LogP contribution in [0.25, 0.3) is 0 Å². The molecule has 1 aromatic heterocycles. The lowest BCUT2D eigenvalue weighted by atomic mass is 10.2. The molecule has 0 unspecified atom stereocenters. The number of aliphatic hydroxyl groups excluding tert-OH is 1. The molecule has 110 valence electrons. The molecule has 0 aromatic carbocycles. The van der Waals surface area contributed by atoms with E-state index in [-0.39, 0.29) is 13.2 Å². The fourth-order valence-electron chi connectivity index (χ4n) is 2.03. The molecule has 0 bridgehead atoms. The molecule has 0 saturated carbocycles. The molecule has 0 spiro atoms. The molecule has 0 fully saturated rings. The maximum atomic E-state index is 12.4. The second-order valence-electron chi connectivity index (χ2n) is 4.51. The van der Waals surface area contributed by atoms with Crippen molar-refractivity contribution in [3.63, 3.8) is 0 Å². The molecule has 7 heteroatoms. The van der Waals surface area contributed by atoms with Crippen LogP contribution in [0.15, 0.2) is 0 Å². The summed E-state index contributed by atoms with van der Waals surface area (Å²) in [6.45, 7) is 5.23. The van der Waals surface area contributed by atoms with Gasteiger partial charge in [0.25, 0.3) is 0 Å². The molecule has 0 atom stereocenters. The van der Waals surface area contributed by atoms with Gasteiger partial charge in [0.05, 0.1) is 25.4 Å². The largest absolute Gasteiger partial charge is 0.401 e. The average Bonchev–Trinajstić information content (AvgIpc) is 2.54. The average molecular weight is 279 g/mol. The van der Waals surface area contributed by atoms with E-state index in [1.54, 1.807) is 18.5 Å². The highest BCUT2D eigenvalue weighted by Gasteiger charge is 2.30. The summed E-state index contributed by atoms with van der Waals surface area (Å²) in [7, 11) is 0. The Morgan fingerprint density at radius 3 is 2.42 bits per heavy atom. The number of rotatable bonds is 6. The predicted octanol–water partition coefficient (Wildman–Crippen LogP) is 1.88. The molecule has 0 amide bonds. The van der Waals surface area contributed by atoms with Crippen molar-refractivity contribution in [1.82, 2.24) is 14.7 Å². The summed E-state index contributed by atoms with van der Waals surface area (Å²) in [4.78, 5) is 1.33. The Morgan fingerprint density at radius 2 is 1.95 bits per heavy atom. The van der Waals surface area contributed by atoms with Gasteiger partial charge in [0, 0.05) is 17.8 Å². The lowest BCUT2D eigenvalue weighted by Gasteiger charge is -2.22. The van der Waals surface area contributed by atoms with Crippen LogP contribution in [-0.2, 0) is 13.1 Å². The van der Waals surface area contributed by atoms with Crippen LogP contribution in [0.1, 0.15) is 23.9 Å². The van der Waals surface area contributed by atoms with E-state index in [4.69, 9.17) is 5.11 Å². The third-order valence-electron chi connectivity index (χ3n) is 3.07. The van der Waals surface area contributed by atoms with Gasteiger partial charge in [0.2, 0.25) is 0 Å². The van der Waals surface area contributed by atoms with Crippen LogP contribution < -0.4 is 0 Å². The molecule has 0 radical (unpaired) electrons. The first kappa shape index (κ1) is 16.0. The van der Waals surface area contributed by atoms with E-state index in [1.807, 2.05) is 6.92 Å². The molecule has 4 nitrogen and oxygen atoms in total. The van der Waals surface area contributed by atoms with Gasteiger partial charge < -0.3 is 5.11 Å².